The minimum Gasteiger partial charge on any atom is -0.507 e. The monoisotopic (exact) mass is 486 g/mol. The molecule has 0 radical (unpaired) electrons. The quantitative estimate of drug-likeness (QED) is 0.249. The zero-order chi connectivity index (χ0) is 23.9. The Labute approximate surface area is 196 Å². The van der Waals surface area contributed by atoms with Gasteiger partial charge in [0.1, 0.15) is 16.5 Å². The van der Waals surface area contributed by atoms with E-state index in [0.717, 1.165) is 16.2 Å². The predicted octanol–water partition coefficient (Wildman–Crippen LogP) is 4.66. The molecule has 2 aromatic carbocycles. The second-order valence-corrected chi connectivity index (χ2v) is 8.54. The van der Waals surface area contributed by atoms with Gasteiger partial charge in [0.25, 0.3) is 5.78 Å². The highest BCUT2D eigenvalue weighted by Gasteiger charge is 2.48. The van der Waals surface area contributed by atoms with Gasteiger partial charge in [-0.3, -0.25) is 14.5 Å². The second kappa shape index (κ2) is 8.76. The number of rotatable bonds is 4. The maximum Gasteiger partial charge on any atom is 0.350 e. The van der Waals surface area contributed by atoms with Gasteiger partial charge in [-0.05, 0) is 48.9 Å². The van der Waals surface area contributed by atoms with Crippen LogP contribution in [0.15, 0.2) is 54.1 Å². The number of ketones is 1. The normalized spacial score (nSPS) is 17.5. The first kappa shape index (κ1) is 22.6. The third kappa shape index (κ3) is 4.01. The van der Waals surface area contributed by atoms with Crippen LogP contribution in [-0.4, -0.2) is 34.9 Å². The Bertz CT molecular complexity index is 1300. The molecule has 1 aliphatic heterocycles. The summed E-state index contributed by atoms with van der Waals surface area (Å²) in [6.45, 7) is 1.57. The van der Waals surface area contributed by atoms with Gasteiger partial charge in [-0.1, -0.05) is 35.1 Å². The van der Waals surface area contributed by atoms with Crippen LogP contribution in [0.2, 0.25) is 5.02 Å². The SMILES string of the molecule is COC(=O)c1sc(N2C(=O)C(=O)C(=C(O)c3ccc(Cl)cc3)[C@H]2c2ccc(F)cc2)nc1C. The van der Waals surface area contributed by atoms with Crippen molar-refractivity contribution in [1.82, 2.24) is 4.98 Å². The van der Waals surface area contributed by atoms with E-state index >= 15 is 0 Å². The van der Waals surface area contributed by atoms with Crippen molar-refractivity contribution in [2.24, 2.45) is 0 Å². The average molecular weight is 487 g/mol. The van der Waals surface area contributed by atoms with Gasteiger partial charge < -0.3 is 9.84 Å². The summed E-state index contributed by atoms with van der Waals surface area (Å²) in [4.78, 5) is 43.8. The van der Waals surface area contributed by atoms with E-state index in [1.54, 1.807) is 6.92 Å². The second-order valence-electron chi connectivity index (χ2n) is 7.13. The lowest BCUT2D eigenvalue weighted by molar-refractivity contribution is -0.132. The number of methoxy groups -OCH3 is 1. The van der Waals surface area contributed by atoms with Crippen molar-refractivity contribution in [2.45, 2.75) is 13.0 Å². The molecular weight excluding hydrogens is 471 g/mol. The number of aromatic nitrogens is 1. The first-order valence-electron chi connectivity index (χ1n) is 9.61. The number of aliphatic hydroxyl groups is 1. The Morgan fingerprint density at radius 1 is 1.15 bits per heavy atom. The number of carbonyl (C=O) groups excluding carboxylic acids is 3. The van der Waals surface area contributed by atoms with Gasteiger partial charge in [0.15, 0.2) is 5.13 Å². The number of nitrogens with zero attached hydrogens (tertiary/aromatic N) is 2. The van der Waals surface area contributed by atoms with Crippen LogP contribution < -0.4 is 4.90 Å². The molecule has 1 N–H and O–H groups in total. The summed E-state index contributed by atoms with van der Waals surface area (Å²) >= 11 is 6.80. The summed E-state index contributed by atoms with van der Waals surface area (Å²) in [5.41, 5.74) is 0.773. The minimum absolute atomic E-state index is 0.0690. The lowest BCUT2D eigenvalue weighted by Gasteiger charge is -2.23. The standard InChI is InChI=1S/C23H16ClFN2O5S/c1-11-20(22(31)32-2)33-23(26-11)27-17(12-5-9-15(25)10-6-12)16(19(29)21(27)30)18(28)13-3-7-14(24)8-4-13/h3-10,17,28H,1-2H3/t17-/m1/s1. The number of hydrogen-bond donors (Lipinski definition) is 1. The van der Waals surface area contributed by atoms with Gasteiger partial charge in [0, 0.05) is 10.6 Å². The van der Waals surface area contributed by atoms with Gasteiger partial charge in [0.2, 0.25) is 0 Å². The van der Waals surface area contributed by atoms with Crippen molar-refractivity contribution in [1.29, 1.82) is 0 Å². The number of amides is 1. The van der Waals surface area contributed by atoms with Crippen molar-refractivity contribution in [3.8, 4) is 0 Å². The molecule has 1 atom stereocenters. The number of thiazole rings is 1. The number of aryl methyl sites for hydroxylation is 1. The van der Waals surface area contributed by atoms with E-state index < -0.39 is 35.3 Å². The van der Waals surface area contributed by atoms with Crippen molar-refractivity contribution >= 4 is 51.5 Å². The number of Topliss-reactive ketones (excluding diaryl/α,β-unsaturated/α-hetero) is 1. The molecule has 0 bridgehead atoms. The predicted molar refractivity (Wildman–Crippen MR) is 121 cm³/mol. The topological polar surface area (TPSA) is 96.8 Å². The molecule has 0 spiro atoms. The summed E-state index contributed by atoms with van der Waals surface area (Å²) < 4.78 is 18.4. The summed E-state index contributed by atoms with van der Waals surface area (Å²) in [6, 6.07) is 10.2. The Balaban J connectivity index is 1.93. The zero-order valence-electron chi connectivity index (χ0n) is 17.3. The van der Waals surface area contributed by atoms with E-state index in [-0.39, 0.29) is 21.1 Å². The molecule has 4 rings (SSSR count). The maximum absolute atomic E-state index is 13.6. The number of ether oxygens (including phenoxy) is 1. The van der Waals surface area contributed by atoms with Crippen LogP contribution in [0, 0.1) is 12.7 Å². The van der Waals surface area contributed by atoms with Crippen LogP contribution in [-0.2, 0) is 14.3 Å². The van der Waals surface area contributed by atoms with Crippen LogP contribution in [0.25, 0.3) is 5.76 Å². The van der Waals surface area contributed by atoms with Crippen molar-refractivity contribution in [3.05, 3.63) is 86.6 Å². The van der Waals surface area contributed by atoms with Crippen molar-refractivity contribution in [3.63, 3.8) is 0 Å². The Hall–Kier alpha value is -3.56. The number of aliphatic hydroxyl groups excluding tert-OH is 1. The fourth-order valence-electron chi connectivity index (χ4n) is 3.52. The van der Waals surface area contributed by atoms with E-state index in [9.17, 15) is 23.9 Å². The van der Waals surface area contributed by atoms with Crippen molar-refractivity contribution in [2.75, 3.05) is 12.0 Å². The highest BCUT2D eigenvalue weighted by molar-refractivity contribution is 7.17. The third-order valence-electron chi connectivity index (χ3n) is 5.11. The van der Waals surface area contributed by atoms with Crippen LogP contribution >= 0.6 is 22.9 Å². The summed E-state index contributed by atoms with van der Waals surface area (Å²) in [5, 5.41) is 11.5. The molecule has 0 saturated carbocycles. The summed E-state index contributed by atoms with van der Waals surface area (Å²) in [7, 11) is 1.22. The molecule has 2 heterocycles. The molecule has 10 heteroatoms. The highest BCUT2D eigenvalue weighted by atomic mass is 35.5. The van der Waals surface area contributed by atoms with Crippen LogP contribution in [0.1, 0.15) is 32.5 Å². The van der Waals surface area contributed by atoms with E-state index in [1.807, 2.05) is 0 Å². The lowest BCUT2D eigenvalue weighted by Crippen LogP contribution is -2.29. The van der Waals surface area contributed by atoms with Crippen LogP contribution in [0.3, 0.4) is 0 Å². The molecule has 1 fully saturated rings. The fourth-order valence-corrected chi connectivity index (χ4v) is 4.66. The molecule has 1 aromatic heterocycles. The third-order valence-corrected chi connectivity index (χ3v) is 6.50. The molecule has 7 nitrogen and oxygen atoms in total. The number of halogens is 2. The maximum atomic E-state index is 13.6. The number of anilines is 1. The molecular formula is C23H16ClFN2O5S. The van der Waals surface area contributed by atoms with Gasteiger partial charge in [-0.2, -0.15) is 0 Å². The molecule has 0 aliphatic carbocycles. The number of hydrogen-bond acceptors (Lipinski definition) is 7. The number of benzene rings is 2. The number of carbonyl (C=O) groups is 3. The van der Waals surface area contributed by atoms with Gasteiger partial charge in [-0.25, -0.2) is 14.2 Å². The molecule has 1 amide bonds. The van der Waals surface area contributed by atoms with Gasteiger partial charge in [-0.15, -0.1) is 0 Å². The van der Waals surface area contributed by atoms with E-state index in [1.165, 1.54) is 55.6 Å². The van der Waals surface area contributed by atoms with Gasteiger partial charge >= 0.3 is 11.9 Å². The Morgan fingerprint density at radius 2 is 1.79 bits per heavy atom. The number of esters is 1. The molecule has 33 heavy (non-hydrogen) atoms. The van der Waals surface area contributed by atoms with E-state index in [4.69, 9.17) is 16.3 Å². The lowest BCUT2D eigenvalue weighted by atomic mass is 9.95. The van der Waals surface area contributed by atoms with E-state index in [0.29, 0.717) is 16.3 Å². The summed E-state index contributed by atoms with van der Waals surface area (Å²) in [6.07, 6.45) is 0. The molecule has 0 unspecified atom stereocenters. The zero-order valence-corrected chi connectivity index (χ0v) is 18.9. The first-order valence-corrected chi connectivity index (χ1v) is 10.8. The summed E-state index contributed by atoms with van der Waals surface area (Å²) in [5.74, 6) is -3.43. The smallest absolute Gasteiger partial charge is 0.350 e. The van der Waals surface area contributed by atoms with Crippen molar-refractivity contribution < 1.29 is 28.6 Å². The molecule has 3 aromatic rings. The molecule has 1 saturated heterocycles. The highest BCUT2D eigenvalue weighted by Crippen LogP contribution is 2.44. The average Bonchev–Trinajstić information content (AvgIpc) is 3.31. The van der Waals surface area contributed by atoms with Crippen LogP contribution in [0.5, 0.6) is 0 Å². The largest absolute Gasteiger partial charge is 0.507 e. The van der Waals surface area contributed by atoms with Gasteiger partial charge in [0.05, 0.1) is 24.4 Å². The Kier molecular flexibility index (Phi) is 6.01. The molecule has 1 aliphatic rings. The Morgan fingerprint density at radius 3 is 2.39 bits per heavy atom. The fraction of sp³-hybridized carbons (Fsp3) is 0.130. The van der Waals surface area contributed by atoms with Crippen LogP contribution in [0.4, 0.5) is 9.52 Å². The minimum atomic E-state index is -1.10. The first-order chi connectivity index (χ1) is 15.7. The van der Waals surface area contributed by atoms with E-state index in [2.05, 4.69) is 4.98 Å². The molecule has 168 valence electrons.